The summed E-state index contributed by atoms with van der Waals surface area (Å²) in [6.07, 6.45) is 5.67. The Hall–Kier alpha value is -2.46. The van der Waals surface area contributed by atoms with Crippen LogP contribution in [-0.2, 0) is 4.79 Å². The number of nitrogens with zero attached hydrogens (tertiary/aromatic N) is 1. The van der Waals surface area contributed by atoms with E-state index >= 15 is 0 Å². The van der Waals surface area contributed by atoms with Gasteiger partial charge < -0.3 is 5.32 Å². The Kier molecular flexibility index (Phi) is 5.79. The van der Waals surface area contributed by atoms with E-state index in [0.29, 0.717) is 10.9 Å². The van der Waals surface area contributed by atoms with Gasteiger partial charge in [-0.3, -0.25) is 9.78 Å². The number of aromatic nitrogens is 1. The summed E-state index contributed by atoms with van der Waals surface area (Å²) in [5, 5.41) is 4.57. The summed E-state index contributed by atoms with van der Waals surface area (Å²) >= 11 is 5.93. The van der Waals surface area contributed by atoms with E-state index in [1.807, 2.05) is 31.3 Å². The van der Waals surface area contributed by atoms with Crippen molar-refractivity contribution in [2.45, 2.75) is 45.4 Å². The Morgan fingerprint density at radius 2 is 1.87 bits per heavy atom. The zero-order chi connectivity index (χ0) is 21.3. The second-order valence-electron chi connectivity index (χ2n) is 8.71. The highest BCUT2D eigenvalue weighted by atomic mass is 35.5. The summed E-state index contributed by atoms with van der Waals surface area (Å²) in [5.41, 5.74) is 2.69. The molecular formula is C25H26ClFN2O. The van der Waals surface area contributed by atoms with Crippen molar-refractivity contribution in [2.24, 2.45) is 11.3 Å². The number of hydrogen-bond donors (Lipinski definition) is 1. The van der Waals surface area contributed by atoms with Gasteiger partial charge in [-0.05, 0) is 91.1 Å². The first-order valence-corrected chi connectivity index (χ1v) is 10.8. The summed E-state index contributed by atoms with van der Waals surface area (Å²) in [7, 11) is 0. The average Bonchev–Trinajstić information content (AvgIpc) is 2.75. The fourth-order valence-corrected chi connectivity index (χ4v) is 4.74. The smallest absolute Gasteiger partial charge is 0.227 e. The van der Waals surface area contributed by atoms with Gasteiger partial charge in [0.05, 0.1) is 5.52 Å². The number of amides is 1. The maximum absolute atomic E-state index is 13.8. The molecule has 1 atom stereocenters. The summed E-state index contributed by atoms with van der Waals surface area (Å²) in [6, 6.07) is 14.0. The van der Waals surface area contributed by atoms with E-state index in [4.69, 9.17) is 11.6 Å². The van der Waals surface area contributed by atoms with E-state index in [-0.39, 0.29) is 23.1 Å². The van der Waals surface area contributed by atoms with Crippen LogP contribution in [0.5, 0.6) is 0 Å². The van der Waals surface area contributed by atoms with Gasteiger partial charge in [0.1, 0.15) is 5.82 Å². The predicted octanol–water partition coefficient (Wildman–Crippen LogP) is 6.97. The number of anilines is 1. The minimum absolute atomic E-state index is 0.0368. The first-order valence-electron chi connectivity index (χ1n) is 10.5. The fourth-order valence-electron chi connectivity index (χ4n) is 4.62. The van der Waals surface area contributed by atoms with Gasteiger partial charge in [-0.15, -0.1) is 0 Å². The molecule has 0 spiro atoms. The average molecular weight is 425 g/mol. The third-order valence-corrected chi connectivity index (χ3v) is 7.11. The number of carbonyl (C=O) groups excluding carboxylic acids is 1. The Balaban J connectivity index is 1.46. The lowest BCUT2D eigenvalue weighted by Crippen LogP contribution is -2.37. The van der Waals surface area contributed by atoms with Crippen LogP contribution in [0.4, 0.5) is 10.1 Å². The third-order valence-electron chi connectivity index (χ3n) is 6.86. The Morgan fingerprint density at radius 3 is 2.57 bits per heavy atom. The number of nitrogens with one attached hydrogen (secondary N) is 1. The molecule has 1 heterocycles. The highest BCUT2D eigenvalue weighted by Gasteiger charge is 2.39. The fraction of sp³-hybridized carbons (Fsp3) is 0.360. The van der Waals surface area contributed by atoms with Crippen molar-refractivity contribution in [3.8, 4) is 0 Å². The monoisotopic (exact) mass is 424 g/mol. The summed E-state index contributed by atoms with van der Waals surface area (Å²) < 4.78 is 13.8. The van der Waals surface area contributed by atoms with E-state index in [9.17, 15) is 9.18 Å². The van der Waals surface area contributed by atoms with Crippen LogP contribution in [-0.4, -0.2) is 10.9 Å². The molecule has 0 unspecified atom stereocenters. The molecule has 1 fully saturated rings. The van der Waals surface area contributed by atoms with Crippen LogP contribution < -0.4 is 5.32 Å². The number of rotatable bonds is 4. The molecular weight excluding hydrogens is 399 g/mol. The maximum atomic E-state index is 13.8. The number of halogens is 2. The second-order valence-corrected chi connectivity index (χ2v) is 9.14. The first-order chi connectivity index (χ1) is 14.4. The molecule has 1 aliphatic rings. The van der Waals surface area contributed by atoms with Crippen molar-refractivity contribution < 1.29 is 9.18 Å². The van der Waals surface area contributed by atoms with Crippen LogP contribution in [0.15, 0.2) is 54.7 Å². The predicted molar refractivity (Wildman–Crippen MR) is 120 cm³/mol. The lowest BCUT2D eigenvalue weighted by atomic mass is 9.64. The molecule has 0 radical (unpaired) electrons. The van der Waals surface area contributed by atoms with Crippen molar-refractivity contribution in [3.05, 3.63) is 71.1 Å². The van der Waals surface area contributed by atoms with Gasteiger partial charge in [-0.25, -0.2) is 4.39 Å². The lowest BCUT2D eigenvalue weighted by molar-refractivity contribution is -0.123. The van der Waals surface area contributed by atoms with Crippen LogP contribution in [0.3, 0.4) is 0 Å². The Labute approximate surface area is 181 Å². The zero-order valence-electron chi connectivity index (χ0n) is 17.3. The van der Waals surface area contributed by atoms with Gasteiger partial charge in [0.2, 0.25) is 5.91 Å². The van der Waals surface area contributed by atoms with Gasteiger partial charge >= 0.3 is 0 Å². The van der Waals surface area contributed by atoms with E-state index in [2.05, 4.69) is 17.2 Å². The molecule has 2 aromatic carbocycles. The van der Waals surface area contributed by atoms with Crippen LogP contribution >= 0.6 is 11.6 Å². The maximum Gasteiger partial charge on any atom is 0.227 e. The third kappa shape index (κ3) is 4.20. The second kappa shape index (κ2) is 8.35. The van der Waals surface area contributed by atoms with Gasteiger partial charge in [0.25, 0.3) is 0 Å². The topological polar surface area (TPSA) is 42.0 Å². The largest absolute Gasteiger partial charge is 0.326 e. The quantitative estimate of drug-likeness (QED) is 0.491. The molecule has 0 bridgehead atoms. The zero-order valence-corrected chi connectivity index (χ0v) is 18.0. The summed E-state index contributed by atoms with van der Waals surface area (Å²) in [4.78, 5) is 17.2. The van der Waals surface area contributed by atoms with Crippen LogP contribution in [0, 0.1) is 17.2 Å². The van der Waals surface area contributed by atoms with Crippen molar-refractivity contribution in [2.75, 3.05) is 5.32 Å². The van der Waals surface area contributed by atoms with Gasteiger partial charge in [-0.1, -0.05) is 25.4 Å². The molecule has 5 heteroatoms. The lowest BCUT2D eigenvalue weighted by Gasteiger charge is -2.41. The molecule has 30 heavy (non-hydrogen) atoms. The Morgan fingerprint density at radius 1 is 1.17 bits per heavy atom. The molecule has 1 amide bonds. The van der Waals surface area contributed by atoms with Crippen LogP contribution in [0.25, 0.3) is 10.9 Å². The minimum Gasteiger partial charge on any atom is -0.326 e. The number of fused-ring (bicyclic) bond motifs is 1. The van der Waals surface area contributed by atoms with Gasteiger partial charge in [0.15, 0.2) is 0 Å². The molecule has 3 aromatic rings. The minimum atomic E-state index is -0.232. The van der Waals surface area contributed by atoms with Crippen molar-refractivity contribution in [1.29, 1.82) is 0 Å². The molecule has 1 aromatic heterocycles. The molecule has 1 N–H and O–H groups in total. The summed E-state index contributed by atoms with van der Waals surface area (Å²) in [6.45, 7) is 4.22. The van der Waals surface area contributed by atoms with Gasteiger partial charge in [-0.2, -0.15) is 0 Å². The van der Waals surface area contributed by atoms with Crippen LogP contribution in [0.1, 0.15) is 51.0 Å². The number of benzene rings is 2. The molecule has 0 saturated heterocycles. The molecule has 4 rings (SSSR count). The number of pyridine rings is 1. The molecule has 0 aliphatic heterocycles. The number of hydrogen-bond acceptors (Lipinski definition) is 2. The highest BCUT2D eigenvalue weighted by molar-refractivity contribution is 6.30. The van der Waals surface area contributed by atoms with E-state index in [1.54, 1.807) is 24.3 Å². The molecule has 1 saturated carbocycles. The van der Waals surface area contributed by atoms with E-state index in [0.717, 1.165) is 42.3 Å². The van der Waals surface area contributed by atoms with Crippen molar-refractivity contribution in [1.82, 2.24) is 4.98 Å². The van der Waals surface area contributed by atoms with Crippen LogP contribution in [0.2, 0.25) is 5.02 Å². The highest BCUT2D eigenvalue weighted by Crippen LogP contribution is 2.48. The molecule has 3 nitrogen and oxygen atoms in total. The summed E-state index contributed by atoms with van der Waals surface area (Å²) in [5.74, 6) is 0.0530. The SMILES string of the molecule is C[C@H](C(=O)Nc1ccc(Cl)cc1)[C@]1(C)CC[C@H](c2ccnc3ccc(F)cc32)CC1. The van der Waals surface area contributed by atoms with E-state index in [1.165, 1.54) is 11.6 Å². The van der Waals surface area contributed by atoms with Crippen molar-refractivity contribution >= 4 is 34.1 Å². The van der Waals surface area contributed by atoms with Gasteiger partial charge in [0, 0.05) is 28.2 Å². The molecule has 1 aliphatic carbocycles. The standard InChI is InChI=1S/C25H26ClFN2O/c1-16(24(30)29-20-6-3-18(26)4-7-20)25(2)12-9-17(10-13-25)21-11-14-28-23-8-5-19(27)15-22(21)23/h3-8,11,14-17H,9-10,12-13H2,1-2H3,(H,29,30)/t16-,17-,25+/m1/s1. The Bertz CT molecular complexity index is 1060. The molecule has 156 valence electrons. The normalized spacial score (nSPS) is 22.6. The van der Waals surface area contributed by atoms with Crippen molar-refractivity contribution in [3.63, 3.8) is 0 Å². The van der Waals surface area contributed by atoms with E-state index < -0.39 is 0 Å². The number of carbonyl (C=O) groups is 1. The first kappa shape index (κ1) is 20.8.